The Hall–Kier alpha value is -5.23. The van der Waals surface area contributed by atoms with Gasteiger partial charge in [-0.2, -0.15) is 0 Å². The number of amides is 7. The maximum Gasteiger partial charge on any atom is 0.326 e. The predicted molar refractivity (Wildman–Crippen MR) is 248 cm³/mol. The lowest BCUT2D eigenvalue weighted by Crippen LogP contribution is -2.60. The Morgan fingerprint density at radius 2 is 1.48 bits per heavy atom. The Bertz CT molecular complexity index is 1890. The first kappa shape index (κ1) is 56.1. The SMILES string of the molecule is CCC(C)C(C(CC(=O)N1CCC[C@H]1C(OC)C(C)C(=O)NC(Cc1ccc(F)cc1)C(=O)O)OC)N(C)C(=O)C(NC(=O)C(C(C)C)N(C)C(=O)CCCCCN1C(=O)C=CC1=O)C(C)C. The van der Waals surface area contributed by atoms with Crippen molar-refractivity contribution in [2.75, 3.05) is 41.4 Å². The van der Waals surface area contributed by atoms with Gasteiger partial charge in [-0.3, -0.25) is 38.5 Å². The summed E-state index contributed by atoms with van der Waals surface area (Å²) in [6.45, 7) is 13.5. The molecule has 0 aliphatic carbocycles. The van der Waals surface area contributed by atoms with E-state index < -0.39 is 71.9 Å². The van der Waals surface area contributed by atoms with Gasteiger partial charge in [0.1, 0.15) is 23.9 Å². The summed E-state index contributed by atoms with van der Waals surface area (Å²) >= 11 is 0. The average Bonchev–Trinajstić information content (AvgIpc) is 3.90. The van der Waals surface area contributed by atoms with Crippen LogP contribution in [0, 0.1) is 29.5 Å². The number of imide groups is 1. The van der Waals surface area contributed by atoms with Gasteiger partial charge in [-0.25, -0.2) is 9.18 Å². The second-order valence-electron chi connectivity index (χ2n) is 18.7. The van der Waals surface area contributed by atoms with E-state index >= 15 is 0 Å². The molecule has 0 aromatic heterocycles. The van der Waals surface area contributed by atoms with Crippen molar-refractivity contribution in [3.63, 3.8) is 0 Å². The molecule has 0 saturated carbocycles. The maximum absolute atomic E-state index is 14.6. The van der Waals surface area contributed by atoms with Gasteiger partial charge in [-0.1, -0.05) is 73.4 Å². The third kappa shape index (κ3) is 15.1. The number of nitrogens with zero attached hydrogens (tertiary/aromatic N) is 4. The van der Waals surface area contributed by atoms with E-state index in [2.05, 4.69) is 10.6 Å². The minimum Gasteiger partial charge on any atom is -0.480 e. The molecule has 7 amide bonds. The van der Waals surface area contributed by atoms with Crippen LogP contribution in [0.1, 0.15) is 105 Å². The molecule has 1 saturated heterocycles. The molecule has 17 nitrogen and oxygen atoms in total. The van der Waals surface area contributed by atoms with E-state index in [1.807, 2.05) is 41.5 Å². The van der Waals surface area contributed by atoms with Crippen LogP contribution < -0.4 is 10.6 Å². The maximum atomic E-state index is 14.6. The van der Waals surface area contributed by atoms with Gasteiger partial charge in [-0.05, 0) is 61.1 Å². The molecule has 67 heavy (non-hydrogen) atoms. The molecule has 0 bridgehead atoms. The highest BCUT2D eigenvalue weighted by molar-refractivity contribution is 6.12. The van der Waals surface area contributed by atoms with Crippen LogP contribution in [0.15, 0.2) is 36.4 Å². The van der Waals surface area contributed by atoms with Gasteiger partial charge in [0.05, 0.1) is 36.6 Å². The zero-order valence-electron chi connectivity index (χ0n) is 41.3. The van der Waals surface area contributed by atoms with E-state index in [-0.39, 0.29) is 73.1 Å². The number of hydrogen-bond acceptors (Lipinski definition) is 10. The summed E-state index contributed by atoms with van der Waals surface area (Å²) in [5, 5.41) is 15.5. The number of carbonyl (C=O) groups is 8. The molecule has 3 rings (SSSR count). The van der Waals surface area contributed by atoms with Gasteiger partial charge in [0, 0.05) is 66.4 Å². The molecule has 9 atom stereocenters. The van der Waals surface area contributed by atoms with Gasteiger partial charge in [0.25, 0.3) is 11.8 Å². The van der Waals surface area contributed by atoms with Crippen LogP contribution in [-0.4, -0.2) is 156 Å². The molecule has 1 fully saturated rings. The number of likely N-dealkylation sites (N-methyl/N-ethyl adjacent to an activating group) is 2. The molecular weight excluding hydrogens is 868 g/mol. The van der Waals surface area contributed by atoms with Crippen molar-refractivity contribution in [2.45, 2.75) is 149 Å². The van der Waals surface area contributed by atoms with E-state index in [0.29, 0.717) is 50.6 Å². The van der Waals surface area contributed by atoms with Gasteiger partial charge < -0.3 is 39.9 Å². The molecule has 1 aromatic carbocycles. The van der Waals surface area contributed by atoms with Crippen LogP contribution in [0.2, 0.25) is 0 Å². The summed E-state index contributed by atoms with van der Waals surface area (Å²) in [6.07, 6.45) is 4.32. The third-order valence-corrected chi connectivity index (χ3v) is 13.3. The third-order valence-electron chi connectivity index (χ3n) is 13.3. The van der Waals surface area contributed by atoms with Gasteiger partial charge in [0.2, 0.25) is 29.5 Å². The van der Waals surface area contributed by atoms with Crippen LogP contribution >= 0.6 is 0 Å². The van der Waals surface area contributed by atoms with Crippen molar-refractivity contribution in [1.29, 1.82) is 0 Å². The number of carbonyl (C=O) groups excluding carboxylic acids is 7. The summed E-state index contributed by atoms with van der Waals surface area (Å²) in [6, 6.07) is 1.08. The Morgan fingerprint density at radius 3 is 2.01 bits per heavy atom. The molecular formula is C49H75FN6O11. The predicted octanol–water partition coefficient (Wildman–Crippen LogP) is 3.97. The number of carboxylic acid groups (broad SMARTS) is 1. The fraction of sp³-hybridized carbons (Fsp3) is 0.673. The monoisotopic (exact) mass is 943 g/mol. The molecule has 2 aliphatic heterocycles. The second-order valence-corrected chi connectivity index (χ2v) is 18.7. The van der Waals surface area contributed by atoms with Crippen molar-refractivity contribution in [3.8, 4) is 0 Å². The minimum atomic E-state index is -1.29. The fourth-order valence-electron chi connectivity index (χ4n) is 9.27. The van der Waals surface area contributed by atoms with Crippen LogP contribution in [0.5, 0.6) is 0 Å². The molecule has 8 unspecified atom stereocenters. The average molecular weight is 943 g/mol. The lowest BCUT2D eigenvalue weighted by atomic mass is 9.89. The van der Waals surface area contributed by atoms with E-state index in [4.69, 9.17) is 9.47 Å². The van der Waals surface area contributed by atoms with Crippen molar-refractivity contribution < 1.29 is 57.3 Å². The van der Waals surface area contributed by atoms with E-state index in [1.54, 1.807) is 30.8 Å². The molecule has 2 heterocycles. The number of nitrogens with one attached hydrogen (secondary N) is 2. The van der Waals surface area contributed by atoms with Crippen LogP contribution in [0.3, 0.4) is 0 Å². The fourth-order valence-corrected chi connectivity index (χ4v) is 9.27. The number of likely N-dealkylation sites (tertiary alicyclic amines) is 1. The quantitative estimate of drug-likeness (QED) is 0.0849. The Morgan fingerprint density at radius 1 is 0.851 bits per heavy atom. The smallest absolute Gasteiger partial charge is 0.326 e. The second kappa shape index (κ2) is 26.3. The van der Waals surface area contributed by atoms with Crippen molar-refractivity contribution in [3.05, 3.63) is 47.8 Å². The Kier molecular flexibility index (Phi) is 22.1. The minimum absolute atomic E-state index is 0.0646. The van der Waals surface area contributed by atoms with Crippen molar-refractivity contribution in [2.24, 2.45) is 23.7 Å². The van der Waals surface area contributed by atoms with Crippen LogP contribution in [0.25, 0.3) is 0 Å². The van der Waals surface area contributed by atoms with Gasteiger partial charge >= 0.3 is 5.97 Å². The van der Waals surface area contributed by atoms with Crippen LogP contribution in [0.4, 0.5) is 4.39 Å². The van der Waals surface area contributed by atoms with Crippen LogP contribution in [-0.2, 0) is 54.3 Å². The number of methoxy groups -OCH3 is 2. The van der Waals surface area contributed by atoms with E-state index in [1.165, 1.54) is 55.5 Å². The van der Waals surface area contributed by atoms with Crippen molar-refractivity contribution >= 4 is 47.3 Å². The lowest BCUT2D eigenvalue weighted by Gasteiger charge is -2.41. The molecule has 0 radical (unpaired) electrons. The highest BCUT2D eigenvalue weighted by atomic mass is 19.1. The Balaban J connectivity index is 1.71. The summed E-state index contributed by atoms with van der Waals surface area (Å²) in [5.41, 5.74) is 0.530. The first-order valence-corrected chi connectivity index (χ1v) is 23.6. The van der Waals surface area contributed by atoms with Gasteiger partial charge in [-0.15, -0.1) is 0 Å². The Labute approximate surface area is 395 Å². The van der Waals surface area contributed by atoms with E-state index in [0.717, 1.165) is 4.90 Å². The molecule has 2 aliphatic rings. The molecule has 3 N–H and O–H groups in total. The highest BCUT2D eigenvalue weighted by Crippen LogP contribution is 2.30. The number of benzene rings is 1. The standard InChI is InChI=1S/C49H75FN6O11/c1-12-31(6)44(54(9)48(63)42(29(2)3)52-47(62)43(30(4)5)53(8)38(57)18-14-13-15-25-56-39(58)23-24-40(56)59)37(66-10)28-41(60)55-26-16-17-36(55)45(67-11)32(7)46(61)51-35(49(64)65)27-33-19-21-34(50)22-20-33/h19-24,29-32,35-37,42-45H,12-18,25-28H2,1-11H3,(H,51,61)(H,52,62)(H,64,65)/t31?,32?,35?,36-,37?,42?,43?,44?,45?/m0/s1. The number of ether oxygens (including phenoxy) is 2. The molecule has 18 heteroatoms. The number of aliphatic carboxylic acids is 1. The first-order chi connectivity index (χ1) is 31.6. The first-order valence-electron chi connectivity index (χ1n) is 23.6. The summed E-state index contributed by atoms with van der Waals surface area (Å²) in [4.78, 5) is 112. The number of hydrogen-bond donors (Lipinski definition) is 3. The van der Waals surface area contributed by atoms with Crippen molar-refractivity contribution in [1.82, 2.24) is 30.2 Å². The van der Waals surface area contributed by atoms with E-state index in [9.17, 15) is 47.9 Å². The number of rotatable bonds is 27. The largest absolute Gasteiger partial charge is 0.480 e. The zero-order chi connectivity index (χ0) is 50.3. The summed E-state index contributed by atoms with van der Waals surface area (Å²) in [5.74, 6) is -6.06. The number of carboxylic acids is 1. The number of unbranched alkanes of at least 4 members (excludes halogenated alkanes) is 2. The summed E-state index contributed by atoms with van der Waals surface area (Å²) < 4.78 is 25.4. The van der Waals surface area contributed by atoms with Gasteiger partial charge in [0.15, 0.2) is 0 Å². The topological polar surface area (TPSA) is 212 Å². The lowest BCUT2D eigenvalue weighted by molar-refractivity contribution is -0.149. The number of halogens is 1. The zero-order valence-corrected chi connectivity index (χ0v) is 41.3. The summed E-state index contributed by atoms with van der Waals surface area (Å²) in [7, 11) is 6.13. The highest BCUT2D eigenvalue weighted by Gasteiger charge is 2.44. The molecule has 0 spiro atoms. The normalized spacial score (nSPS) is 18.6. The molecule has 1 aromatic rings. The molecule has 374 valence electrons.